The Morgan fingerprint density at radius 2 is 2.00 bits per heavy atom. The minimum Gasteiger partial charge on any atom is -0.158 e. The van der Waals surface area contributed by atoms with Gasteiger partial charge in [0.05, 0.1) is 11.9 Å². The van der Waals surface area contributed by atoms with Gasteiger partial charge in [0, 0.05) is 5.56 Å². The van der Waals surface area contributed by atoms with Crippen LogP contribution in [0.2, 0.25) is 0 Å². The largest absolute Gasteiger partial charge is 0.158 e. The molecule has 0 saturated heterocycles. The van der Waals surface area contributed by atoms with Gasteiger partial charge in [-0.25, -0.2) is 0 Å². The number of nitrogens with zero attached hydrogens (tertiary/aromatic N) is 2. The molecule has 11 heavy (non-hydrogen) atoms. The van der Waals surface area contributed by atoms with E-state index in [9.17, 15) is 0 Å². The van der Waals surface area contributed by atoms with Crippen molar-refractivity contribution in [2.45, 2.75) is 13.8 Å². The highest BCUT2D eigenvalue weighted by molar-refractivity contribution is 5.90. The lowest BCUT2D eigenvalue weighted by atomic mass is 10.1. The van der Waals surface area contributed by atoms with Gasteiger partial charge < -0.3 is 0 Å². The Kier molecular flexibility index (Phi) is 1.22. The van der Waals surface area contributed by atoms with Crippen molar-refractivity contribution < 1.29 is 0 Å². The van der Waals surface area contributed by atoms with E-state index < -0.39 is 0 Å². The standard InChI is InChI=1S/C9H9N2/c1-6-3-7(2)9-8(4-6)5-10-11-9/h3-5H,1-2H3. The van der Waals surface area contributed by atoms with Crippen LogP contribution in [0.25, 0.3) is 0 Å². The van der Waals surface area contributed by atoms with Gasteiger partial charge in [-0.3, -0.25) is 0 Å². The molecular formula is C9H9N2. The minimum atomic E-state index is 1.02. The fourth-order valence-electron chi connectivity index (χ4n) is 1.38. The number of fused-ring (bicyclic) bond motifs is 1. The van der Waals surface area contributed by atoms with Crippen LogP contribution in [0.5, 0.6) is 0 Å². The molecule has 2 nitrogen and oxygen atoms in total. The Morgan fingerprint density at radius 1 is 1.18 bits per heavy atom. The molecule has 2 heteroatoms. The third-order valence-electron chi connectivity index (χ3n) is 1.83. The maximum Gasteiger partial charge on any atom is 0.0974 e. The van der Waals surface area contributed by atoms with Crippen LogP contribution in [0.4, 0.5) is 5.69 Å². The third-order valence-corrected chi connectivity index (χ3v) is 1.83. The number of rotatable bonds is 0. The van der Waals surface area contributed by atoms with Crippen molar-refractivity contribution in [3.05, 3.63) is 28.8 Å². The van der Waals surface area contributed by atoms with E-state index in [1.54, 1.807) is 6.21 Å². The second kappa shape index (κ2) is 2.09. The van der Waals surface area contributed by atoms with E-state index in [1.807, 2.05) is 0 Å². The van der Waals surface area contributed by atoms with Gasteiger partial charge in [0.1, 0.15) is 0 Å². The van der Waals surface area contributed by atoms with Crippen LogP contribution < -0.4 is 5.43 Å². The van der Waals surface area contributed by atoms with Crippen LogP contribution in [0.1, 0.15) is 16.7 Å². The van der Waals surface area contributed by atoms with E-state index in [0.717, 1.165) is 11.3 Å². The Bertz CT molecular complexity index is 327. The van der Waals surface area contributed by atoms with Crippen molar-refractivity contribution in [1.29, 1.82) is 0 Å². The first kappa shape index (κ1) is 6.40. The predicted molar refractivity (Wildman–Crippen MR) is 45.3 cm³/mol. The van der Waals surface area contributed by atoms with Crippen LogP contribution in [0.15, 0.2) is 17.2 Å². The fourth-order valence-corrected chi connectivity index (χ4v) is 1.38. The predicted octanol–water partition coefficient (Wildman–Crippen LogP) is 1.89. The molecule has 0 amide bonds. The molecule has 2 rings (SSSR count). The number of hydrogen-bond donors (Lipinski definition) is 0. The van der Waals surface area contributed by atoms with Gasteiger partial charge in [-0.05, 0) is 25.5 Å². The summed E-state index contributed by atoms with van der Waals surface area (Å²) in [6, 6.07) is 4.22. The van der Waals surface area contributed by atoms with Crippen LogP contribution >= 0.6 is 0 Å². The highest BCUT2D eigenvalue weighted by Gasteiger charge is 2.10. The van der Waals surface area contributed by atoms with Gasteiger partial charge in [-0.2, -0.15) is 10.5 Å². The zero-order valence-electron chi connectivity index (χ0n) is 6.63. The van der Waals surface area contributed by atoms with Crippen LogP contribution in [-0.2, 0) is 0 Å². The SMILES string of the molecule is Cc1cc(C)c2c(c1)C=N[N]2. The highest BCUT2D eigenvalue weighted by atomic mass is 15.3. The Hall–Kier alpha value is -1.31. The Labute approximate surface area is 65.9 Å². The highest BCUT2D eigenvalue weighted by Crippen LogP contribution is 2.24. The number of hydrogen-bond acceptors (Lipinski definition) is 1. The Morgan fingerprint density at radius 3 is 2.82 bits per heavy atom. The van der Waals surface area contributed by atoms with Gasteiger partial charge in [0.2, 0.25) is 0 Å². The number of benzene rings is 1. The maximum absolute atomic E-state index is 4.01. The normalized spacial score (nSPS) is 12.9. The topological polar surface area (TPSA) is 26.5 Å². The summed E-state index contributed by atoms with van der Waals surface area (Å²) in [5.41, 5.74) is 8.65. The number of aryl methyl sites for hydroxylation is 2. The summed E-state index contributed by atoms with van der Waals surface area (Å²) in [5, 5.41) is 3.85. The average molecular weight is 145 g/mol. The van der Waals surface area contributed by atoms with E-state index in [2.05, 4.69) is 36.5 Å². The lowest BCUT2D eigenvalue weighted by Gasteiger charge is -2.01. The second-order valence-corrected chi connectivity index (χ2v) is 2.86. The summed E-state index contributed by atoms with van der Waals surface area (Å²) in [6.07, 6.45) is 1.80. The first-order valence-electron chi connectivity index (χ1n) is 3.63. The van der Waals surface area contributed by atoms with Gasteiger partial charge in [0.15, 0.2) is 0 Å². The van der Waals surface area contributed by atoms with E-state index in [0.29, 0.717) is 0 Å². The minimum absolute atomic E-state index is 1.02. The van der Waals surface area contributed by atoms with Crippen molar-refractivity contribution in [3.63, 3.8) is 0 Å². The van der Waals surface area contributed by atoms with Crippen molar-refractivity contribution in [3.8, 4) is 0 Å². The van der Waals surface area contributed by atoms with Crippen molar-refractivity contribution in [2.75, 3.05) is 0 Å². The molecule has 0 fully saturated rings. The summed E-state index contributed by atoms with van der Waals surface area (Å²) in [7, 11) is 0. The summed E-state index contributed by atoms with van der Waals surface area (Å²) < 4.78 is 0. The van der Waals surface area contributed by atoms with Crippen molar-refractivity contribution in [1.82, 2.24) is 5.43 Å². The zero-order valence-corrected chi connectivity index (χ0v) is 6.63. The van der Waals surface area contributed by atoms with Gasteiger partial charge in [-0.1, -0.05) is 11.6 Å². The summed E-state index contributed by atoms with van der Waals surface area (Å²) >= 11 is 0. The Balaban J connectivity index is 2.66. The monoisotopic (exact) mass is 145 g/mol. The van der Waals surface area contributed by atoms with E-state index in [4.69, 9.17) is 0 Å². The van der Waals surface area contributed by atoms with Gasteiger partial charge >= 0.3 is 0 Å². The molecule has 0 aliphatic carbocycles. The quantitative estimate of drug-likeness (QED) is 0.533. The van der Waals surface area contributed by atoms with Crippen LogP contribution in [0, 0.1) is 13.8 Å². The van der Waals surface area contributed by atoms with Crippen LogP contribution in [0.3, 0.4) is 0 Å². The second-order valence-electron chi connectivity index (χ2n) is 2.86. The molecule has 1 radical (unpaired) electrons. The molecule has 0 N–H and O–H groups in total. The average Bonchev–Trinajstić information content (AvgIpc) is 2.34. The molecule has 0 saturated carbocycles. The summed E-state index contributed by atoms with van der Waals surface area (Å²) in [5.74, 6) is 0. The molecule has 0 atom stereocenters. The van der Waals surface area contributed by atoms with E-state index >= 15 is 0 Å². The lowest BCUT2D eigenvalue weighted by Crippen LogP contribution is -1.88. The molecule has 0 unspecified atom stereocenters. The lowest BCUT2D eigenvalue weighted by molar-refractivity contribution is 0.980. The molecule has 0 aromatic heterocycles. The molecular weight excluding hydrogens is 136 g/mol. The zero-order chi connectivity index (χ0) is 7.84. The van der Waals surface area contributed by atoms with Gasteiger partial charge in [0.25, 0.3) is 0 Å². The molecule has 1 heterocycles. The third kappa shape index (κ3) is 0.909. The van der Waals surface area contributed by atoms with Crippen LogP contribution in [-0.4, -0.2) is 6.21 Å². The first-order valence-corrected chi connectivity index (χ1v) is 3.63. The molecule has 0 spiro atoms. The molecule has 1 aromatic rings. The summed E-state index contributed by atoms with van der Waals surface area (Å²) in [4.78, 5) is 0. The molecule has 1 aliphatic rings. The molecule has 0 bridgehead atoms. The molecule has 1 aromatic carbocycles. The first-order chi connectivity index (χ1) is 5.27. The van der Waals surface area contributed by atoms with E-state index in [1.165, 1.54) is 11.1 Å². The van der Waals surface area contributed by atoms with Crippen molar-refractivity contribution >= 4 is 11.9 Å². The van der Waals surface area contributed by atoms with Crippen molar-refractivity contribution in [2.24, 2.45) is 5.10 Å². The fraction of sp³-hybridized carbons (Fsp3) is 0.222. The molecule has 1 aliphatic heterocycles. The van der Waals surface area contributed by atoms with Gasteiger partial charge in [-0.15, -0.1) is 0 Å². The smallest absolute Gasteiger partial charge is 0.0974 e. The maximum atomic E-state index is 4.01. The molecule has 55 valence electrons. The summed E-state index contributed by atoms with van der Waals surface area (Å²) in [6.45, 7) is 4.14. The van der Waals surface area contributed by atoms with E-state index in [-0.39, 0.29) is 0 Å².